The van der Waals surface area contributed by atoms with E-state index in [1.807, 2.05) is 97.1 Å². The number of benzene rings is 4. The number of aliphatic hydroxyl groups excluding tert-OH is 1. The van der Waals surface area contributed by atoms with Crippen molar-refractivity contribution in [1.82, 2.24) is 9.97 Å². The molecule has 0 saturated carbocycles. The minimum absolute atomic E-state index is 0.0244. The fraction of sp³-hybridized carbons (Fsp3) is 0.222. The van der Waals surface area contributed by atoms with Crippen molar-refractivity contribution < 1.29 is 24.2 Å². The maximum absolute atomic E-state index is 12.9. The molecule has 2 heterocycles. The Morgan fingerprint density at radius 2 is 1.48 bits per heavy atom. The summed E-state index contributed by atoms with van der Waals surface area (Å²) in [6.45, 7) is 3.59. The van der Waals surface area contributed by atoms with Gasteiger partial charge in [0.05, 0.1) is 36.0 Å². The molecule has 5 aromatic rings. The third-order valence-corrected chi connectivity index (χ3v) is 8.93. The van der Waals surface area contributed by atoms with E-state index in [-0.39, 0.29) is 42.2 Å². The molecule has 234 valence electrons. The summed E-state index contributed by atoms with van der Waals surface area (Å²) in [5, 5.41) is 15.2. The lowest BCUT2D eigenvalue weighted by molar-refractivity contribution is -0.268. The van der Waals surface area contributed by atoms with E-state index >= 15 is 0 Å². The number of para-hydroxylation sites is 2. The summed E-state index contributed by atoms with van der Waals surface area (Å²) in [7, 11) is 0. The van der Waals surface area contributed by atoms with E-state index in [2.05, 4.69) is 27.5 Å². The van der Waals surface area contributed by atoms with Crippen molar-refractivity contribution in [2.24, 2.45) is 5.92 Å². The van der Waals surface area contributed by atoms with Crippen molar-refractivity contribution in [2.45, 2.75) is 43.8 Å². The van der Waals surface area contributed by atoms with Gasteiger partial charge in [-0.25, -0.2) is 4.98 Å². The van der Waals surface area contributed by atoms with Crippen molar-refractivity contribution in [3.63, 3.8) is 0 Å². The van der Waals surface area contributed by atoms with E-state index in [1.165, 1.54) is 13.1 Å². The summed E-state index contributed by atoms with van der Waals surface area (Å²) in [6.07, 6.45) is 0.444. The van der Waals surface area contributed by atoms with Crippen molar-refractivity contribution in [3.8, 4) is 0 Å². The van der Waals surface area contributed by atoms with E-state index in [1.54, 1.807) is 11.8 Å². The predicted molar refractivity (Wildman–Crippen MR) is 178 cm³/mol. The second kappa shape index (κ2) is 14.2. The van der Waals surface area contributed by atoms with Crippen LogP contribution in [0.4, 0.5) is 11.4 Å². The van der Waals surface area contributed by atoms with Gasteiger partial charge in [-0.05, 0) is 59.7 Å². The number of ether oxygens (including phenoxy) is 2. The number of anilines is 2. The third kappa shape index (κ3) is 7.43. The Balaban J connectivity index is 1.18. The van der Waals surface area contributed by atoms with Crippen LogP contribution in [0, 0.1) is 5.92 Å². The summed E-state index contributed by atoms with van der Waals surface area (Å²) in [4.78, 5) is 34.1. The third-order valence-electron chi connectivity index (χ3n) is 7.83. The maximum atomic E-state index is 12.9. The number of hydrogen-bond donors (Lipinski definition) is 3. The van der Waals surface area contributed by atoms with Gasteiger partial charge in [-0.15, -0.1) is 11.8 Å². The molecular weight excluding hydrogens is 600 g/mol. The molecule has 9 nitrogen and oxygen atoms in total. The van der Waals surface area contributed by atoms with Gasteiger partial charge in [0.1, 0.15) is 5.69 Å². The molecule has 3 N–H and O–H groups in total. The van der Waals surface area contributed by atoms with Crippen LogP contribution < -0.4 is 10.6 Å². The van der Waals surface area contributed by atoms with Crippen LogP contribution in [-0.4, -0.2) is 38.7 Å². The van der Waals surface area contributed by atoms with E-state index in [0.717, 1.165) is 32.8 Å². The fourth-order valence-corrected chi connectivity index (χ4v) is 6.38. The summed E-state index contributed by atoms with van der Waals surface area (Å²) >= 11 is 1.68. The Kier molecular flexibility index (Phi) is 9.70. The van der Waals surface area contributed by atoms with Crippen LogP contribution in [0.1, 0.15) is 53.4 Å². The standard InChI is InChI=1S/C36H34N4O5S/c1-22-33(21-46-29-17-15-27(16-18-29)38-23(2)42)44-36(45-34(22)25-9-7-24(20-41)8-10-25)26-11-13-28(14-12-26)39-35(43)32-19-37-30-5-3-4-6-31(30)40-32/h3-19,22,33-34,36,41H,20-21H2,1-2H3,(H,38,42)(H,39,43)/t22-,33+,34+,36+/m1/s1. The number of aromatic nitrogens is 2. The van der Waals surface area contributed by atoms with Crippen molar-refractivity contribution in [2.75, 3.05) is 16.4 Å². The Bertz CT molecular complexity index is 1820. The van der Waals surface area contributed by atoms with Crippen LogP contribution in [0.5, 0.6) is 0 Å². The number of amides is 2. The van der Waals surface area contributed by atoms with Gasteiger partial charge in [-0.1, -0.05) is 55.5 Å². The van der Waals surface area contributed by atoms with E-state index in [0.29, 0.717) is 17.0 Å². The first kappa shape index (κ1) is 31.4. The van der Waals surface area contributed by atoms with Crippen LogP contribution in [-0.2, 0) is 20.9 Å². The highest BCUT2D eigenvalue weighted by Crippen LogP contribution is 2.43. The number of carbonyl (C=O) groups excluding carboxylic acids is 2. The first-order valence-corrected chi connectivity index (χ1v) is 16.0. The molecule has 4 aromatic carbocycles. The van der Waals surface area contributed by atoms with Gasteiger partial charge in [-0.2, -0.15) is 0 Å². The summed E-state index contributed by atoms with van der Waals surface area (Å²) in [6, 6.07) is 30.4. The number of hydrogen-bond acceptors (Lipinski definition) is 8. The minimum atomic E-state index is -0.637. The van der Waals surface area contributed by atoms with Crippen LogP contribution in [0.25, 0.3) is 11.0 Å². The SMILES string of the molecule is CC(=O)Nc1ccc(SC[C@@H]2O[C@H](c3ccc(NC(=O)c4cnc5ccccc5n4)cc3)O[C@H](c3ccc(CO)cc3)[C@@H]2C)cc1. The Hall–Kier alpha value is -4.61. The van der Waals surface area contributed by atoms with Gasteiger partial charge in [-0.3, -0.25) is 14.6 Å². The van der Waals surface area contributed by atoms with E-state index in [9.17, 15) is 14.7 Å². The zero-order chi connectivity index (χ0) is 32.0. The average Bonchev–Trinajstić information content (AvgIpc) is 3.08. The Labute approximate surface area is 271 Å². The fourth-order valence-electron chi connectivity index (χ4n) is 5.31. The first-order chi connectivity index (χ1) is 22.4. The highest BCUT2D eigenvalue weighted by atomic mass is 32.2. The molecular formula is C36H34N4O5S. The van der Waals surface area contributed by atoms with Gasteiger partial charge >= 0.3 is 0 Å². The molecule has 1 aliphatic heterocycles. The molecule has 6 rings (SSSR count). The van der Waals surface area contributed by atoms with Crippen LogP contribution in [0.2, 0.25) is 0 Å². The summed E-state index contributed by atoms with van der Waals surface area (Å²) in [5.74, 6) is 0.262. The first-order valence-electron chi connectivity index (χ1n) is 15.0. The van der Waals surface area contributed by atoms with E-state index < -0.39 is 6.29 Å². The Morgan fingerprint density at radius 3 is 2.17 bits per heavy atom. The molecule has 2 amide bonds. The van der Waals surface area contributed by atoms with Gasteiger partial charge in [0.2, 0.25) is 5.91 Å². The monoisotopic (exact) mass is 634 g/mol. The highest BCUT2D eigenvalue weighted by Gasteiger charge is 2.38. The van der Waals surface area contributed by atoms with Gasteiger partial charge in [0, 0.05) is 40.4 Å². The van der Waals surface area contributed by atoms with Crippen LogP contribution in [0.3, 0.4) is 0 Å². The smallest absolute Gasteiger partial charge is 0.275 e. The van der Waals surface area contributed by atoms with Gasteiger partial charge in [0.25, 0.3) is 5.91 Å². The quantitative estimate of drug-likeness (QED) is 0.150. The van der Waals surface area contributed by atoms with E-state index in [4.69, 9.17) is 9.47 Å². The highest BCUT2D eigenvalue weighted by molar-refractivity contribution is 7.99. The Morgan fingerprint density at radius 1 is 0.826 bits per heavy atom. The number of rotatable bonds is 9. The summed E-state index contributed by atoms with van der Waals surface area (Å²) in [5.41, 5.74) is 5.64. The van der Waals surface area contributed by atoms with Crippen molar-refractivity contribution in [1.29, 1.82) is 0 Å². The summed E-state index contributed by atoms with van der Waals surface area (Å²) < 4.78 is 13.1. The molecule has 0 radical (unpaired) electrons. The average molecular weight is 635 g/mol. The molecule has 1 aliphatic rings. The number of nitrogens with zero attached hydrogens (tertiary/aromatic N) is 2. The lowest BCUT2D eigenvalue weighted by atomic mass is 9.91. The molecule has 10 heteroatoms. The lowest BCUT2D eigenvalue weighted by Crippen LogP contribution is -2.38. The lowest BCUT2D eigenvalue weighted by Gasteiger charge is -2.41. The second-order valence-electron chi connectivity index (χ2n) is 11.2. The maximum Gasteiger partial charge on any atom is 0.275 e. The molecule has 0 bridgehead atoms. The minimum Gasteiger partial charge on any atom is -0.392 e. The zero-order valence-corrected chi connectivity index (χ0v) is 26.2. The predicted octanol–water partition coefficient (Wildman–Crippen LogP) is 6.92. The second-order valence-corrected chi connectivity index (χ2v) is 12.3. The number of nitrogens with one attached hydrogen (secondary N) is 2. The molecule has 46 heavy (non-hydrogen) atoms. The molecule has 0 spiro atoms. The normalized spacial score (nSPS) is 19.5. The number of thioether (sulfide) groups is 1. The zero-order valence-electron chi connectivity index (χ0n) is 25.4. The topological polar surface area (TPSA) is 123 Å². The largest absolute Gasteiger partial charge is 0.392 e. The molecule has 4 atom stereocenters. The molecule has 1 saturated heterocycles. The number of aliphatic hydroxyl groups is 1. The van der Waals surface area contributed by atoms with Crippen LogP contribution >= 0.6 is 11.8 Å². The number of fused-ring (bicyclic) bond motifs is 1. The number of carbonyl (C=O) groups is 2. The van der Waals surface area contributed by atoms with Crippen molar-refractivity contribution >= 4 is 46.0 Å². The molecule has 0 unspecified atom stereocenters. The van der Waals surface area contributed by atoms with Crippen molar-refractivity contribution in [3.05, 3.63) is 126 Å². The van der Waals surface area contributed by atoms with Crippen LogP contribution in [0.15, 0.2) is 108 Å². The van der Waals surface area contributed by atoms with Gasteiger partial charge in [0.15, 0.2) is 6.29 Å². The molecule has 1 fully saturated rings. The molecule has 0 aliphatic carbocycles. The van der Waals surface area contributed by atoms with Gasteiger partial charge < -0.3 is 25.2 Å². The molecule has 1 aromatic heterocycles.